The van der Waals surface area contributed by atoms with Gasteiger partial charge in [0.25, 0.3) is 0 Å². The predicted molar refractivity (Wildman–Crippen MR) is 63.2 cm³/mol. The molecule has 2 rings (SSSR count). The number of aromatic nitrogens is 4. The van der Waals surface area contributed by atoms with Gasteiger partial charge in [-0.2, -0.15) is 5.10 Å². The number of aliphatic hydroxyl groups is 1. The van der Waals surface area contributed by atoms with Crippen LogP contribution in [-0.4, -0.2) is 24.9 Å². The lowest BCUT2D eigenvalue weighted by Gasteiger charge is -2.10. The zero-order valence-corrected chi connectivity index (χ0v) is 9.82. The third-order valence-electron chi connectivity index (χ3n) is 2.54. The lowest BCUT2D eigenvalue weighted by atomic mass is 10.1. The molecule has 0 aliphatic heterocycles. The van der Waals surface area contributed by atoms with Crippen molar-refractivity contribution in [2.24, 2.45) is 0 Å². The summed E-state index contributed by atoms with van der Waals surface area (Å²) < 4.78 is 1.83. The lowest BCUT2D eigenvalue weighted by Crippen LogP contribution is -2.11. The average molecular weight is 232 g/mol. The average Bonchev–Trinajstić information content (AvgIpc) is 2.78. The number of nitrogens with zero attached hydrogens (tertiary/aromatic N) is 4. The molecule has 1 unspecified atom stereocenters. The number of hydrogen-bond donors (Lipinski definition) is 1. The highest BCUT2D eigenvalue weighted by Crippen LogP contribution is 2.14. The molecule has 17 heavy (non-hydrogen) atoms. The zero-order chi connectivity index (χ0) is 12.1. The largest absolute Gasteiger partial charge is 0.386 e. The molecule has 0 radical (unpaired) electrons. The second-order valence-corrected chi connectivity index (χ2v) is 3.87. The van der Waals surface area contributed by atoms with Gasteiger partial charge in [-0.3, -0.25) is 9.67 Å². The molecule has 0 saturated carbocycles. The number of pyridine rings is 1. The minimum Gasteiger partial charge on any atom is -0.386 e. The van der Waals surface area contributed by atoms with Crippen molar-refractivity contribution in [3.63, 3.8) is 0 Å². The van der Waals surface area contributed by atoms with E-state index in [9.17, 15) is 5.11 Å². The van der Waals surface area contributed by atoms with Gasteiger partial charge in [0.05, 0.1) is 5.69 Å². The van der Waals surface area contributed by atoms with E-state index in [4.69, 9.17) is 0 Å². The first-order valence-corrected chi connectivity index (χ1v) is 5.77. The van der Waals surface area contributed by atoms with Crippen LogP contribution < -0.4 is 0 Å². The summed E-state index contributed by atoms with van der Waals surface area (Å²) in [4.78, 5) is 8.29. The van der Waals surface area contributed by atoms with Gasteiger partial charge in [0.15, 0.2) is 0 Å². The Morgan fingerprint density at radius 1 is 1.35 bits per heavy atom. The standard InChI is InChI=1S/C12H16N4O/c1-2-7-16-12(14-9-15-16)8-11(17)10-5-3-4-6-13-10/h3-6,9,11,17H,2,7-8H2,1H3. The first kappa shape index (κ1) is 11.7. The van der Waals surface area contributed by atoms with Crippen LogP contribution in [0.1, 0.15) is 31.0 Å². The molecule has 1 N–H and O–H groups in total. The molecule has 0 amide bonds. The minimum atomic E-state index is -0.629. The van der Waals surface area contributed by atoms with Gasteiger partial charge in [-0.1, -0.05) is 13.0 Å². The molecule has 5 nitrogen and oxygen atoms in total. The summed E-state index contributed by atoms with van der Waals surface area (Å²) in [5.41, 5.74) is 0.665. The molecule has 2 aromatic rings. The van der Waals surface area contributed by atoms with Crippen molar-refractivity contribution in [3.05, 3.63) is 42.2 Å². The maximum Gasteiger partial charge on any atom is 0.138 e. The van der Waals surface area contributed by atoms with Gasteiger partial charge in [-0.05, 0) is 18.6 Å². The molecule has 0 aliphatic rings. The Morgan fingerprint density at radius 2 is 2.24 bits per heavy atom. The summed E-state index contributed by atoms with van der Waals surface area (Å²) in [6.45, 7) is 2.91. The van der Waals surface area contributed by atoms with Gasteiger partial charge >= 0.3 is 0 Å². The third kappa shape index (κ3) is 2.88. The monoisotopic (exact) mass is 232 g/mol. The Balaban J connectivity index is 2.08. The summed E-state index contributed by atoms with van der Waals surface area (Å²) in [5.74, 6) is 0.796. The van der Waals surface area contributed by atoms with E-state index in [0.29, 0.717) is 12.1 Å². The smallest absolute Gasteiger partial charge is 0.138 e. The molecular weight excluding hydrogens is 216 g/mol. The molecule has 2 heterocycles. The SMILES string of the molecule is CCCn1ncnc1CC(O)c1ccccn1. The van der Waals surface area contributed by atoms with Crippen LogP contribution in [0.3, 0.4) is 0 Å². The number of aryl methyl sites for hydroxylation is 1. The van der Waals surface area contributed by atoms with Crippen LogP contribution >= 0.6 is 0 Å². The van der Waals surface area contributed by atoms with Crippen molar-refractivity contribution in [1.29, 1.82) is 0 Å². The van der Waals surface area contributed by atoms with Crippen LogP contribution in [0.5, 0.6) is 0 Å². The molecule has 2 aromatic heterocycles. The van der Waals surface area contributed by atoms with Crippen LogP contribution in [0.4, 0.5) is 0 Å². The van der Waals surface area contributed by atoms with Crippen LogP contribution in [0.15, 0.2) is 30.7 Å². The van der Waals surface area contributed by atoms with Gasteiger partial charge in [0.1, 0.15) is 18.3 Å². The Kier molecular flexibility index (Phi) is 3.82. The number of rotatable bonds is 5. The summed E-state index contributed by atoms with van der Waals surface area (Å²) in [7, 11) is 0. The Labute approximate surface area is 100 Å². The topological polar surface area (TPSA) is 63.8 Å². The third-order valence-corrected chi connectivity index (χ3v) is 2.54. The highest BCUT2D eigenvalue weighted by atomic mass is 16.3. The molecule has 0 aromatic carbocycles. The first-order chi connectivity index (χ1) is 8.31. The van der Waals surface area contributed by atoms with Gasteiger partial charge in [-0.15, -0.1) is 0 Å². The zero-order valence-electron chi connectivity index (χ0n) is 9.82. The van der Waals surface area contributed by atoms with Crippen molar-refractivity contribution in [1.82, 2.24) is 19.7 Å². The van der Waals surface area contributed by atoms with Crippen molar-refractivity contribution < 1.29 is 5.11 Å². The quantitative estimate of drug-likeness (QED) is 0.845. The van der Waals surface area contributed by atoms with E-state index in [-0.39, 0.29) is 0 Å². The fourth-order valence-electron chi connectivity index (χ4n) is 1.70. The van der Waals surface area contributed by atoms with E-state index in [2.05, 4.69) is 22.0 Å². The second-order valence-electron chi connectivity index (χ2n) is 3.87. The number of hydrogen-bond acceptors (Lipinski definition) is 4. The summed E-state index contributed by atoms with van der Waals surface area (Å²) in [6.07, 6.45) is 4.01. The van der Waals surface area contributed by atoms with Gasteiger partial charge < -0.3 is 5.11 Å². The molecule has 0 bridgehead atoms. The van der Waals surface area contributed by atoms with Crippen LogP contribution in [-0.2, 0) is 13.0 Å². The van der Waals surface area contributed by atoms with Crippen molar-refractivity contribution in [2.75, 3.05) is 0 Å². The normalized spacial score (nSPS) is 12.6. The maximum atomic E-state index is 10.0. The predicted octanol–water partition coefficient (Wildman–Crippen LogP) is 1.36. The second kappa shape index (κ2) is 5.54. The maximum absolute atomic E-state index is 10.0. The van der Waals surface area contributed by atoms with E-state index in [1.165, 1.54) is 6.33 Å². The molecular formula is C12H16N4O. The van der Waals surface area contributed by atoms with Gasteiger partial charge in [0, 0.05) is 19.2 Å². The molecule has 1 atom stereocenters. The molecule has 5 heteroatoms. The molecule has 0 aliphatic carbocycles. The van der Waals surface area contributed by atoms with Gasteiger partial charge in [-0.25, -0.2) is 4.98 Å². The summed E-state index contributed by atoms with van der Waals surface area (Å²) in [6, 6.07) is 5.50. The van der Waals surface area contributed by atoms with Crippen molar-refractivity contribution in [3.8, 4) is 0 Å². The van der Waals surface area contributed by atoms with Crippen LogP contribution in [0.2, 0.25) is 0 Å². The first-order valence-electron chi connectivity index (χ1n) is 5.77. The minimum absolute atomic E-state index is 0.441. The Hall–Kier alpha value is -1.75. The van der Waals surface area contributed by atoms with E-state index in [1.807, 2.05) is 22.9 Å². The van der Waals surface area contributed by atoms with Gasteiger partial charge in [0.2, 0.25) is 0 Å². The molecule has 90 valence electrons. The van der Waals surface area contributed by atoms with E-state index in [1.54, 1.807) is 6.20 Å². The summed E-state index contributed by atoms with van der Waals surface area (Å²) in [5, 5.41) is 14.2. The number of aliphatic hydroxyl groups excluding tert-OH is 1. The highest BCUT2D eigenvalue weighted by molar-refractivity contribution is 5.08. The van der Waals surface area contributed by atoms with E-state index in [0.717, 1.165) is 18.8 Å². The van der Waals surface area contributed by atoms with Crippen molar-refractivity contribution >= 4 is 0 Å². The molecule has 0 fully saturated rings. The fourth-order valence-corrected chi connectivity index (χ4v) is 1.70. The fraction of sp³-hybridized carbons (Fsp3) is 0.417. The molecule has 0 spiro atoms. The Morgan fingerprint density at radius 3 is 2.94 bits per heavy atom. The lowest BCUT2D eigenvalue weighted by molar-refractivity contribution is 0.169. The summed E-state index contributed by atoms with van der Waals surface area (Å²) >= 11 is 0. The van der Waals surface area contributed by atoms with E-state index >= 15 is 0 Å². The molecule has 0 saturated heterocycles. The van der Waals surface area contributed by atoms with E-state index < -0.39 is 6.10 Å². The van der Waals surface area contributed by atoms with Crippen molar-refractivity contribution in [2.45, 2.75) is 32.4 Å². The van der Waals surface area contributed by atoms with Crippen LogP contribution in [0, 0.1) is 0 Å². The van der Waals surface area contributed by atoms with Crippen LogP contribution in [0.25, 0.3) is 0 Å². The Bertz CT molecular complexity index is 455. The highest BCUT2D eigenvalue weighted by Gasteiger charge is 2.13.